The van der Waals surface area contributed by atoms with Crippen molar-refractivity contribution in [2.75, 3.05) is 18.1 Å². The fourth-order valence-corrected chi connectivity index (χ4v) is 4.42. The van der Waals surface area contributed by atoms with E-state index in [1.807, 2.05) is 6.08 Å². The first-order chi connectivity index (χ1) is 18.4. The number of carbonyl (C=O) groups is 2. The second-order valence-corrected chi connectivity index (χ2v) is 9.73. The summed E-state index contributed by atoms with van der Waals surface area (Å²) >= 11 is 0. The number of anilines is 2. The predicted molar refractivity (Wildman–Crippen MR) is 151 cm³/mol. The number of nitrogens with two attached hydrogens (primary N) is 2. The highest BCUT2D eigenvalue weighted by Gasteiger charge is 2.28. The molecule has 0 radical (unpaired) electrons. The van der Waals surface area contributed by atoms with Gasteiger partial charge in [0.05, 0.1) is 12.0 Å². The number of unbranched alkanes of at least 4 members (excludes halogenated alkanes) is 4. The van der Waals surface area contributed by atoms with Gasteiger partial charge in [-0.2, -0.15) is 0 Å². The zero-order valence-corrected chi connectivity index (χ0v) is 22.1. The lowest BCUT2D eigenvalue weighted by molar-refractivity contribution is -0.141. The summed E-state index contributed by atoms with van der Waals surface area (Å²) in [6.45, 7) is 4.59. The number of allylic oxidation sites excluding steroid dienone is 1. The van der Waals surface area contributed by atoms with E-state index in [1.54, 1.807) is 48.5 Å². The molecule has 0 atom stereocenters. The van der Waals surface area contributed by atoms with E-state index in [0.717, 1.165) is 50.7 Å². The summed E-state index contributed by atoms with van der Waals surface area (Å²) in [5.41, 5.74) is 14.1. The molecular weight excluding hydrogens is 480 g/mol. The van der Waals surface area contributed by atoms with Crippen LogP contribution < -0.4 is 16.2 Å². The van der Waals surface area contributed by atoms with Gasteiger partial charge in [-0.1, -0.05) is 31.1 Å². The molecule has 4 N–H and O–H groups in total. The highest BCUT2D eigenvalue weighted by Crippen LogP contribution is 2.28. The van der Waals surface area contributed by atoms with Crippen LogP contribution >= 0.6 is 0 Å². The average Bonchev–Trinajstić information content (AvgIpc) is 2.93. The van der Waals surface area contributed by atoms with Crippen LogP contribution in [0.3, 0.4) is 0 Å². The summed E-state index contributed by atoms with van der Waals surface area (Å²) in [7, 11) is 0. The van der Waals surface area contributed by atoms with E-state index in [4.69, 9.17) is 25.7 Å². The monoisotopic (exact) mass is 520 g/mol. The van der Waals surface area contributed by atoms with Crippen LogP contribution in [0.2, 0.25) is 0 Å². The molecule has 0 aromatic heterocycles. The zero-order chi connectivity index (χ0) is 27.2. The molecule has 1 saturated carbocycles. The maximum Gasteiger partial charge on any atom is 0.331 e. The first-order valence-electron chi connectivity index (χ1n) is 13.5. The van der Waals surface area contributed by atoms with Crippen molar-refractivity contribution in [2.45, 2.75) is 70.5 Å². The molecule has 0 heterocycles. The van der Waals surface area contributed by atoms with Crippen LogP contribution in [0.25, 0.3) is 6.08 Å². The molecule has 1 fully saturated rings. The van der Waals surface area contributed by atoms with Crippen molar-refractivity contribution in [1.29, 1.82) is 0 Å². The normalized spacial score (nSPS) is 17.3. The summed E-state index contributed by atoms with van der Waals surface area (Å²) in [6.07, 6.45) is 14.3. The van der Waals surface area contributed by atoms with Crippen molar-refractivity contribution in [1.82, 2.24) is 0 Å². The molecule has 0 saturated heterocycles. The Balaban J connectivity index is 1.34. The van der Waals surface area contributed by atoms with Crippen molar-refractivity contribution in [3.8, 4) is 5.75 Å². The lowest BCUT2D eigenvalue weighted by Crippen LogP contribution is -2.29. The minimum Gasteiger partial charge on any atom is -0.458 e. The Kier molecular flexibility index (Phi) is 11.9. The van der Waals surface area contributed by atoms with E-state index < -0.39 is 5.97 Å². The number of benzene rings is 2. The summed E-state index contributed by atoms with van der Waals surface area (Å²) < 4.78 is 16.9. The third-order valence-corrected chi connectivity index (χ3v) is 6.71. The maximum absolute atomic E-state index is 12.6. The van der Waals surface area contributed by atoms with Crippen LogP contribution in [0.4, 0.5) is 11.4 Å². The van der Waals surface area contributed by atoms with Gasteiger partial charge in [-0.15, -0.1) is 6.58 Å². The van der Waals surface area contributed by atoms with Crippen LogP contribution in [0.1, 0.15) is 68.9 Å². The summed E-state index contributed by atoms with van der Waals surface area (Å²) in [5, 5.41) is 0. The van der Waals surface area contributed by atoms with Gasteiger partial charge in [0.1, 0.15) is 12.4 Å². The number of nitrogen functional groups attached to an aromatic ring is 2. The average molecular weight is 521 g/mol. The van der Waals surface area contributed by atoms with Crippen LogP contribution in [0.5, 0.6) is 5.75 Å². The quantitative estimate of drug-likeness (QED) is 0.0758. The van der Waals surface area contributed by atoms with E-state index in [1.165, 1.54) is 25.3 Å². The Morgan fingerprint density at radius 3 is 2.42 bits per heavy atom. The number of esters is 2. The molecule has 0 bridgehead atoms. The lowest BCUT2D eigenvalue weighted by Gasteiger charge is -2.27. The van der Waals surface area contributed by atoms with Gasteiger partial charge in [0.25, 0.3) is 0 Å². The van der Waals surface area contributed by atoms with E-state index in [2.05, 4.69) is 6.58 Å². The Bertz CT molecular complexity index is 1070. The van der Waals surface area contributed by atoms with Gasteiger partial charge < -0.3 is 25.7 Å². The number of hydrogen-bond donors (Lipinski definition) is 2. The number of carbonyl (C=O) groups excluding carboxylic acids is 2. The van der Waals surface area contributed by atoms with Crippen molar-refractivity contribution in [2.24, 2.45) is 5.92 Å². The van der Waals surface area contributed by atoms with Gasteiger partial charge in [0.2, 0.25) is 0 Å². The molecular formula is C31H40N2O5. The third kappa shape index (κ3) is 10.1. The Hall–Kier alpha value is -3.58. The van der Waals surface area contributed by atoms with Gasteiger partial charge in [-0.3, -0.25) is 4.79 Å². The van der Waals surface area contributed by atoms with Crippen molar-refractivity contribution in [3.05, 3.63) is 72.3 Å². The van der Waals surface area contributed by atoms with E-state index in [-0.39, 0.29) is 24.6 Å². The standard InChI is InChI=1S/C31H40N2O5/c1-2-3-4-5-6-7-20-36-27-16-11-24(12-17-27)31(35)38-28-14-8-23(9-15-28)10-19-30(34)37-22-25-21-26(32)13-18-29(25)33/h2,8-10,13-15,18-19,21,24,27H,1,3-7,11-12,16-17,20,22,32-33H2/b19-10+. The molecule has 0 unspecified atom stereocenters. The molecule has 2 aromatic carbocycles. The number of hydrogen-bond acceptors (Lipinski definition) is 7. The van der Waals surface area contributed by atoms with Gasteiger partial charge in [0, 0.05) is 29.6 Å². The highest BCUT2D eigenvalue weighted by atomic mass is 16.5. The third-order valence-electron chi connectivity index (χ3n) is 6.71. The van der Waals surface area contributed by atoms with Gasteiger partial charge in [-0.25, -0.2) is 4.79 Å². The van der Waals surface area contributed by atoms with Gasteiger partial charge >= 0.3 is 11.9 Å². The van der Waals surface area contributed by atoms with E-state index in [0.29, 0.717) is 22.7 Å². The minimum absolute atomic E-state index is 0.0411. The van der Waals surface area contributed by atoms with E-state index in [9.17, 15) is 9.59 Å². The van der Waals surface area contributed by atoms with Crippen molar-refractivity contribution < 1.29 is 23.8 Å². The molecule has 0 spiro atoms. The summed E-state index contributed by atoms with van der Waals surface area (Å²) in [6, 6.07) is 12.1. The maximum atomic E-state index is 12.6. The minimum atomic E-state index is -0.495. The van der Waals surface area contributed by atoms with Crippen LogP contribution in [-0.4, -0.2) is 24.6 Å². The molecule has 7 heteroatoms. The predicted octanol–water partition coefficient (Wildman–Crippen LogP) is 6.22. The van der Waals surface area contributed by atoms with Crippen LogP contribution in [0, 0.1) is 5.92 Å². The first-order valence-corrected chi connectivity index (χ1v) is 13.5. The number of rotatable bonds is 14. The van der Waals surface area contributed by atoms with Crippen LogP contribution in [-0.2, 0) is 25.7 Å². The summed E-state index contributed by atoms with van der Waals surface area (Å²) in [5.74, 6) is -0.303. The molecule has 0 amide bonds. The van der Waals surface area contributed by atoms with Gasteiger partial charge in [0.15, 0.2) is 0 Å². The van der Waals surface area contributed by atoms with Crippen LogP contribution in [0.15, 0.2) is 61.2 Å². The largest absolute Gasteiger partial charge is 0.458 e. The molecule has 204 valence electrons. The molecule has 1 aliphatic rings. The Morgan fingerprint density at radius 2 is 1.68 bits per heavy atom. The molecule has 1 aliphatic carbocycles. The first kappa shape index (κ1) is 29.0. The van der Waals surface area contributed by atoms with Crippen molar-refractivity contribution >= 4 is 29.4 Å². The molecule has 38 heavy (non-hydrogen) atoms. The number of ether oxygens (including phenoxy) is 3. The van der Waals surface area contributed by atoms with Crippen molar-refractivity contribution in [3.63, 3.8) is 0 Å². The molecule has 0 aliphatic heterocycles. The van der Waals surface area contributed by atoms with E-state index >= 15 is 0 Å². The zero-order valence-electron chi connectivity index (χ0n) is 22.1. The molecule has 2 aromatic rings. The SMILES string of the molecule is C=CCCCCCCOC1CCC(C(=O)Oc2ccc(/C=C/C(=O)OCc3cc(N)ccc3N)cc2)CC1. The Labute approximate surface area is 225 Å². The molecule has 3 rings (SSSR count). The molecule has 7 nitrogen and oxygen atoms in total. The highest BCUT2D eigenvalue weighted by molar-refractivity contribution is 5.87. The Morgan fingerprint density at radius 1 is 0.947 bits per heavy atom. The van der Waals surface area contributed by atoms with Gasteiger partial charge in [-0.05, 0) is 86.9 Å². The second-order valence-electron chi connectivity index (χ2n) is 9.73. The smallest absolute Gasteiger partial charge is 0.331 e. The topological polar surface area (TPSA) is 114 Å². The fourth-order valence-electron chi connectivity index (χ4n) is 4.42. The lowest BCUT2D eigenvalue weighted by atomic mass is 9.87. The summed E-state index contributed by atoms with van der Waals surface area (Å²) in [4.78, 5) is 24.7. The second kappa shape index (κ2) is 15.6. The fraction of sp³-hybridized carbons (Fsp3) is 0.419.